The second-order valence-electron chi connectivity index (χ2n) is 5.87. The fraction of sp³-hybridized carbons (Fsp3) is 0.353. The number of hydrogen-bond acceptors (Lipinski definition) is 7. The van der Waals surface area contributed by atoms with Crippen molar-refractivity contribution in [3.63, 3.8) is 0 Å². The van der Waals surface area contributed by atoms with Crippen LogP contribution in [0.4, 0.5) is 15.9 Å². The van der Waals surface area contributed by atoms with Gasteiger partial charge in [-0.2, -0.15) is 0 Å². The van der Waals surface area contributed by atoms with E-state index in [1.807, 2.05) is 17.0 Å². The number of benzene rings is 1. The molecule has 8 heteroatoms. The van der Waals surface area contributed by atoms with Crippen molar-refractivity contribution in [2.45, 2.75) is 6.10 Å². The zero-order valence-corrected chi connectivity index (χ0v) is 13.6. The van der Waals surface area contributed by atoms with E-state index in [0.29, 0.717) is 44.4 Å². The summed E-state index contributed by atoms with van der Waals surface area (Å²) in [5, 5.41) is 6.87. The van der Waals surface area contributed by atoms with Crippen molar-refractivity contribution >= 4 is 17.2 Å². The van der Waals surface area contributed by atoms with Crippen LogP contribution in [0, 0.1) is 5.82 Å². The summed E-state index contributed by atoms with van der Waals surface area (Å²) in [5.41, 5.74) is 4.96. The van der Waals surface area contributed by atoms with Gasteiger partial charge in [-0.1, -0.05) is 11.2 Å². The quantitative estimate of drug-likeness (QED) is 0.858. The van der Waals surface area contributed by atoms with Crippen LogP contribution in [0.15, 0.2) is 41.1 Å². The molecular weight excluding hydrogens is 327 g/mol. The second kappa shape index (κ2) is 7.12. The molecule has 1 aromatic heterocycles. The lowest BCUT2D eigenvalue weighted by molar-refractivity contribution is 0.0590. The van der Waals surface area contributed by atoms with Gasteiger partial charge in [-0.3, -0.25) is 10.3 Å². The molecular formula is C17H19FN4O3. The van der Waals surface area contributed by atoms with Crippen molar-refractivity contribution in [3.8, 4) is 0 Å². The second-order valence-corrected chi connectivity index (χ2v) is 5.87. The van der Waals surface area contributed by atoms with Gasteiger partial charge in [0.15, 0.2) is 5.82 Å². The Morgan fingerprint density at radius 3 is 2.92 bits per heavy atom. The lowest BCUT2D eigenvalue weighted by Gasteiger charge is -2.29. The molecule has 25 heavy (non-hydrogen) atoms. The van der Waals surface area contributed by atoms with Crippen molar-refractivity contribution in [2.75, 3.05) is 43.1 Å². The number of aromatic nitrogens is 1. The van der Waals surface area contributed by atoms with Crippen LogP contribution in [-0.2, 0) is 9.57 Å². The van der Waals surface area contributed by atoms with Gasteiger partial charge < -0.3 is 19.5 Å². The third kappa shape index (κ3) is 3.59. The predicted octanol–water partition coefficient (Wildman–Crippen LogP) is 2.01. The summed E-state index contributed by atoms with van der Waals surface area (Å²) in [6, 6.07) is 6.95. The average Bonchev–Trinajstić information content (AvgIpc) is 3.32. The molecule has 0 saturated carbocycles. The Balaban J connectivity index is 1.42. The molecule has 7 nitrogen and oxygen atoms in total. The molecule has 0 spiro atoms. The molecule has 0 radical (unpaired) electrons. The Labute approximate surface area is 144 Å². The van der Waals surface area contributed by atoms with Gasteiger partial charge >= 0.3 is 0 Å². The third-order valence-corrected chi connectivity index (χ3v) is 4.21. The molecule has 2 N–H and O–H groups in total. The first-order chi connectivity index (χ1) is 12.3. The van der Waals surface area contributed by atoms with Gasteiger partial charge in [-0.05, 0) is 18.2 Å². The molecule has 1 aromatic carbocycles. The van der Waals surface area contributed by atoms with Gasteiger partial charge in [0.1, 0.15) is 18.2 Å². The van der Waals surface area contributed by atoms with E-state index in [-0.39, 0.29) is 11.9 Å². The molecule has 2 aliphatic rings. The monoisotopic (exact) mass is 346 g/mol. The molecule has 0 aliphatic carbocycles. The van der Waals surface area contributed by atoms with E-state index >= 15 is 0 Å². The number of ether oxygens (including phenoxy) is 1. The Hall–Kier alpha value is -2.58. The van der Waals surface area contributed by atoms with Crippen LogP contribution in [0.3, 0.4) is 0 Å². The molecule has 1 atom stereocenters. The number of rotatable bonds is 5. The highest BCUT2D eigenvalue weighted by Gasteiger charge is 2.20. The maximum atomic E-state index is 14.5. The lowest BCUT2D eigenvalue weighted by Crippen LogP contribution is -2.36. The summed E-state index contributed by atoms with van der Waals surface area (Å²) in [5.74, 6) is 0.401. The van der Waals surface area contributed by atoms with Crippen molar-refractivity contribution in [3.05, 3.63) is 48.0 Å². The van der Waals surface area contributed by atoms with Gasteiger partial charge in [0.2, 0.25) is 0 Å². The highest BCUT2D eigenvalue weighted by Crippen LogP contribution is 2.26. The van der Waals surface area contributed by atoms with Crippen LogP contribution >= 0.6 is 0 Å². The SMILES string of the molecule is Fc1cc(C2=CC(CNc3ccon3)ON2)ccc1N1CCOCC1. The van der Waals surface area contributed by atoms with Crippen molar-refractivity contribution in [1.29, 1.82) is 0 Å². The largest absolute Gasteiger partial charge is 0.378 e. The predicted molar refractivity (Wildman–Crippen MR) is 90.4 cm³/mol. The van der Waals surface area contributed by atoms with Crippen molar-refractivity contribution in [1.82, 2.24) is 10.6 Å². The number of hydroxylamine groups is 1. The molecule has 2 aromatic rings. The zero-order valence-electron chi connectivity index (χ0n) is 13.6. The van der Waals surface area contributed by atoms with E-state index in [1.54, 1.807) is 12.1 Å². The van der Waals surface area contributed by atoms with Crippen LogP contribution in [0.1, 0.15) is 5.56 Å². The summed E-state index contributed by atoms with van der Waals surface area (Å²) in [7, 11) is 0. The summed E-state index contributed by atoms with van der Waals surface area (Å²) >= 11 is 0. The van der Waals surface area contributed by atoms with E-state index < -0.39 is 0 Å². The van der Waals surface area contributed by atoms with E-state index in [9.17, 15) is 4.39 Å². The zero-order chi connectivity index (χ0) is 17.1. The lowest BCUT2D eigenvalue weighted by atomic mass is 10.1. The molecule has 3 heterocycles. The van der Waals surface area contributed by atoms with Crippen LogP contribution < -0.4 is 15.7 Å². The third-order valence-electron chi connectivity index (χ3n) is 4.21. The average molecular weight is 346 g/mol. The molecule has 1 fully saturated rings. The maximum absolute atomic E-state index is 14.5. The van der Waals surface area contributed by atoms with Gasteiger partial charge in [-0.15, -0.1) is 0 Å². The van der Waals surface area contributed by atoms with Crippen molar-refractivity contribution < 1.29 is 18.5 Å². The Bertz CT molecular complexity index is 744. The molecule has 2 aliphatic heterocycles. The Kier molecular flexibility index (Phi) is 4.53. The normalized spacial score (nSPS) is 20.3. The highest BCUT2D eigenvalue weighted by atomic mass is 19.1. The van der Waals surface area contributed by atoms with Crippen LogP contribution in [0.5, 0.6) is 0 Å². The number of anilines is 2. The fourth-order valence-electron chi connectivity index (χ4n) is 2.89. The van der Waals surface area contributed by atoms with E-state index in [1.165, 1.54) is 12.3 Å². The minimum absolute atomic E-state index is 0.186. The topological polar surface area (TPSA) is 71.8 Å². The molecule has 132 valence electrons. The van der Waals surface area contributed by atoms with Gasteiger partial charge in [0.05, 0.1) is 24.6 Å². The molecule has 4 rings (SSSR count). The number of hydrogen-bond donors (Lipinski definition) is 2. The maximum Gasteiger partial charge on any atom is 0.169 e. The number of nitrogens with zero attached hydrogens (tertiary/aromatic N) is 2. The van der Waals surface area contributed by atoms with Gasteiger partial charge in [-0.25, -0.2) is 4.39 Å². The van der Waals surface area contributed by atoms with E-state index in [0.717, 1.165) is 11.3 Å². The first-order valence-corrected chi connectivity index (χ1v) is 8.20. The summed E-state index contributed by atoms with van der Waals surface area (Å²) in [6.45, 7) is 3.19. The van der Waals surface area contributed by atoms with Crippen LogP contribution in [-0.4, -0.2) is 44.1 Å². The first-order valence-electron chi connectivity index (χ1n) is 8.20. The Morgan fingerprint density at radius 2 is 2.16 bits per heavy atom. The minimum Gasteiger partial charge on any atom is -0.378 e. The minimum atomic E-state index is -0.244. The van der Waals surface area contributed by atoms with Crippen LogP contribution in [0.2, 0.25) is 0 Å². The van der Waals surface area contributed by atoms with Crippen LogP contribution in [0.25, 0.3) is 5.70 Å². The Morgan fingerprint density at radius 1 is 1.28 bits per heavy atom. The molecule has 1 unspecified atom stereocenters. The summed E-state index contributed by atoms with van der Waals surface area (Å²) < 4.78 is 24.6. The molecule has 0 amide bonds. The summed E-state index contributed by atoms with van der Waals surface area (Å²) in [4.78, 5) is 7.49. The number of morpholine rings is 1. The molecule has 1 saturated heterocycles. The summed E-state index contributed by atoms with van der Waals surface area (Å²) in [6.07, 6.45) is 3.22. The van der Waals surface area contributed by atoms with Gasteiger partial charge in [0, 0.05) is 31.3 Å². The van der Waals surface area contributed by atoms with Crippen molar-refractivity contribution in [2.24, 2.45) is 0 Å². The number of halogens is 1. The smallest absolute Gasteiger partial charge is 0.169 e. The van der Waals surface area contributed by atoms with E-state index in [4.69, 9.17) is 14.1 Å². The highest BCUT2D eigenvalue weighted by molar-refractivity contribution is 5.67. The number of nitrogens with one attached hydrogen (secondary N) is 2. The first kappa shape index (κ1) is 15.9. The fourth-order valence-corrected chi connectivity index (χ4v) is 2.89. The van der Waals surface area contributed by atoms with E-state index in [2.05, 4.69) is 16.0 Å². The standard InChI is InChI=1S/C17H19FN4O3/c18-14-9-12(1-2-16(14)22-4-7-23-8-5-22)15-10-13(25-20-15)11-19-17-3-6-24-21-17/h1-3,6,9-10,13,20H,4-5,7-8,11H2,(H,19,21). The van der Waals surface area contributed by atoms with Gasteiger partial charge in [0.25, 0.3) is 0 Å². The molecule has 0 bridgehead atoms.